The van der Waals surface area contributed by atoms with Crippen LogP contribution in [0.1, 0.15) is 51.0 Å². The van der Waals surface area contributed by atoms with E-state index in [2.05, 4.69) is 0 Å². The normalized spacial score (nSPS) is 21.6. The van der Waals surface area contributed by atoms with E-state index >= 15 is 0 Å². The number of nitrogens with zero attached hydrogens (tertiary/aromatic N) is 1. The first-order chi connectivity index (χ1) is 15.6. The lowest BCUT2D eigenvalue weighted by Gasteiger charge is -2.41. The highest BCUT2D eigenvalue weighted by molar-refractivity contribution is 5.94. The molecule has 2 heterocycles. The Hall–Kier alpha value is -3.35. The molecule has 3 atom stereocenters. The molecule has 0 fully saturated rings. The number of rotatable bonds is 3. The molecule has 0 radical (unpaired) electrons. The van der Waals surface area contributed by atoms with Crippen molar-refractivity contribution >= 4 is 5.91 Å². The zero-order valence-electron chi connectivity index (χ0n) is 18.0. The van der Waals surface area contributed by atoms with E-state index in [-0.39, 0.29) is 11.9 Å². The van der Waals surface area contributed by atoms with Crippen molar-refractivity contribution in [2.45, 2.75) is 24.9 Å². The van der Waals surface area contributed by atoms with Crippen LogP contribution in [0.4, 0.5) is 0 Å². The highest BCUT2D eigenvalue weighted by Crippen LogP contribution is 2.50. The molecule has 0 aliphatic carbocycles. The maximum Gasteiger partial charge on any atom is 0.254 e. The molecule has 1 amide bonds. The monoisotopic (exact) mass is 431 g/mol. The molecule has 0 unspecified atom stereocenters. The quantitative estimate of drug-likeness (QED) is 0.673. The molecule has 3 aromatic rings. The van der Waals surface area contributed by atoms with Gasteiger partial charge < -0.3 is 24.2 Å². The third kappa shape index (κ3) is 3.32. The van der Waals surface area contributed by atoms with Crippen molar-refractivity contribution in [1.82, 2.24) is 4.90 Å². The van der Waals surface area contributed by atoms with Crippen LogP contribution in [0.15, 0.2) is 66.7 Å². The molecule has 0 bridgehead atoms. The second-order valence-corrected chi connectivity index (χ2v) is 8.00. The van der Waals surface area contributed by atoms with E-state index in [1.807, 2.05) is 71.6 Å². The van der Waals surface area contributed by atoms with Crippen LogP contribution in [0.2, 0.25) is 0 Å². The van der Waals surface area contributed by atoms with E-state index in [1.165, 1.54) is 0 Å². The molecular formula is C26H25NO5. The number of aliphatic hydroxyl groups is 1. The molecule has 2 aliphatic heterocycles. The van der Waals surface area contributed by atoms with Gasteiger partial charge in [-0.2, -0.15) is 0 Å². The Labute approximate surface area is 187 Å². The largest absolute Gasteiger partial charge is 0.493 e. The van der Waals surface area contributed by atoms with Gasteiger partial charge >= 0.3 is 0 Å². The van der Waals surface area contributed by atoms with E-state index in [0.29, 0.717) is 35.6 Å². The Morgan fingerprint density at radius 2 is 1.59 bits per heavy atom. The van der Waals surface area contributed by atoms with Crippen molar-refractivity contribution < 1.29 is 24.1 Å². The number of methoxy groups -OCH3 is 2. The first-order valence-corrected chi connectivity index (χ1v) is 10.7. The molecule has 6 heteroatoms. The van der Waals surface area contributed by atoms with Gasteiger partial charge in [0, 0.05) is 17.7 Å². The molecule has 1 N–H and O–H groups in total. The van der Waals surface area contributed by atoms with E-state index in [0.717, 1.165) is 16.7 Å². The summed E-state index contributed by atoms with van der Waals surface area (Å²) in [7, 11) is 3.20. The summed E-state index contributed by atoms with van der Waals surface area (Å²) >= 11 is 0. The lowest BCUT2D eigenvalue weighted by atomic mass is 9.87. The summed E-state index contributed by atoms with van der Waals surface area (Å²) in [6.45, 7) is 0.505. The van der Waals surface area contributed by atoms with E-state index in [4.69, 9.17) is 14.2 Å². The fourth-order valence-electron chi connectivity index (χ4n) is 4.80. The van der Waals surface area contributed by atoms with Crippen LogP contribution in [-0.4, -0.2) is 36.7 Å². The molecule has 32 heavy (non-hydrogen) atoms. The van der Waals surface area contributed by atoms with Crippen LogP contribution in [0.25, 0.3) is 0 Å². The zero-order valence-corrected chi connectivity index (χ0v) is 18.0. The van der Waals surface area contributed by atoms with Gasteiger partial charge in [-0.1, -0.05) is 42.5 Å². The maximum absolute atomic E-state index is 13.7. The second kappa shape index (κ2) is 8.30. The van der Waals surface area contributed by atoms with Crippen LogP contribution in [0, 0.1) is 0 Å². The van der Waals surface area contributed by atoms with E-state index in [9.17, 15) is 9.90 Å². The van der Waals surface area contributed by atoms with E-state index < -0.39 is 12.4 Å². The molecular weight excluding hydrogens is 406 g/mol. The number of hydrogen-bond acceptors (Lipinski definition) is 5. The van der Waals surface area contributed by atoms with Gasteiger partial charge in [0.05, 0.1) is 20.3 Å². The molecule has 2 aliphatic rings. The Morgan fingerprint density at radius 3 is 2.31 bits per heavy atom. The number of amides is 1. The minimum absolute atomic E-state index is 0.0675. The third-order valence-electron chi connectivity index (χ3n) is 6.33. The number of hydrogen-bond donors (Lipinski definition) is 1. The first kappa shape index (κ1) is 20.5. The van der Waals surface area contributed by atoms with Gasteiger partial charge in [0.1, 0.15) is 6.10 Å². The van der Waals surface area contributed by atoms with Crippen LogP contribution in [0.5, 0.6) is 11.5 Å². The molecule has 0 spiro atoms. The maximum atomic E-state index is 13.7. The highest BCUT2D eigenvalue weighted by Gasteiger charge is 2.44. The minimum Gasteiger partial charge on any atom is -0.493 e. The van der Waals surface area contributed by atoms with Gasteiger partial charge in [-0.05, 0) is 47.4 Å². The molecule has 0 saturated carbocycles. The molecule has 5 rings (SSSR count). The standard InChI is InChI=1S/C26H25NO5/c1-30-21-14-17-12-13-27(25(28)16-8-4-3-5-9-16)23-18-10-6-7-11-19(18)26(29)32-24(23)20(17)15-22(21)31-2/h3-11,14-15,23-24,26,29H,12-13H2,1-2H3/t23-,24+,26-/m1/s1. The van der Waals surface area contributed by atoms with Crippen molar-refractivity contribution in [2.75, 3.05) is 20.8 Å². The van der Waals surface area contributed by atoms with Gasteiger partial charge in [-0.15, -0.1) is 0 Å². The number of carbonyl (C=O) groups excluding carboxylic acids is 1. The van der Waals surface area contributed by atoms with Crippen LogP contribution in [0.3, 0.4) is 0 Å². The number of benzene rings is 3. The number of fused-ring (bicyclic) bond motifs is 5. The fraction of sp³-hybridized carbons (Fsp3) is 0.269. The van der Waals surface area contributed by atoms with Crippen LogP contribution in [-0.2, 0) is 11.2 Å². The first-order valence-electron chi connectivity index (χ1n) is 10.7. The van der Waals surface area contributed by atoms with Gasteiger partial charge in [0.15, 0.2) is 17.8 Å². The molecule has 0 saturated heterocycles. The van der Waals surface area contributed by atoms with Crippen LogP contribution >= 0.6 is 0 Å². The molecule has 164 valence electrons. The molecule has 0 aromatic heterocycles. The summed E-state index contributed by atoms with van der Waals surface area (Å²) < 4.78 is 17.2. The van der Waals surface area contributed by atoms with Crippen molar-refractivity contribution in [1.29, 1.82) is 0 Å². The Balaban J connectivity index is 1.69. The summed E-state index contributed by atoms with van der Waals surface area (Å²) in [5, 5.41) is 10.8. The molecule has 3 aromatic carbocycles. The predicted molar refractivity (Wildman–Crippen MR) is 119 cm³/mol. The van der Waals surface area contributed by atoms with Gasteiger partial charge in [-0.3, -0.25) is 4.79 Å². The van der Waals surface area contributed by atoms with Crippen molar-refractivity contribution in [3.05, 3.63) is 94.5 Å². The summed E-state index contributed by atoms with van der Waals surface area (Å²) in [5.41, 5.74) is 4.10. The molecule has 6 nitrogen and oxygen atoms in total. The lowest BCUT2D eigenvalue weighted by molar-refractivity contribution is -0.172. The topological polar surface area (TPSA) is 68.2 Å². The summed E-state index contributed by atoms with van der Waals surface area (Å²) in [6.07, 6.45) is -1.01. The van der Waals surface area contributed by atoms with Gasteiger partial charge in [0.2, 0.25) is 0 Å². The number of aliphatic hydroxyl groups excluding tert-OH is 1. The summed E-state index contributed by atoms with van der Waals surface area (Å²) in [6, 6.07) is 20.3. The fourth-order valence-corrected chi connectivity index (χ4v) is 4.80. The van der Waals surface area contributed by atoms with Crippen LogP contribution < -0.4 is 9.47 Å². The SMILES string of the molecule is COc1cc2c(cc1OC)[C@@H]1O[C@@H](O)c3ccccc3[C@H]1N(C(=O)c1ccccc1)CC2. The average Bonchev–Trinajstić information content (AvgIpc) is 3.00. The second-order valence-electron chi connectivity index (χ2n) is 8.00. The highest BCUT2D eigenvalue weighted by atomic mass is 16.6. The van der Waals surface area contributed by atoms with Crippen molar-refractivity contribution in [3.63, 3.8) is 0 Å². The Bertz CT molecular complexity index is 1150. The summed E-state index contributed by atoms with van der Waals surface area (Å²) in [5.74, 6) is 1.15. The summed E-state index contributed by atoms with van der Waals surface area (Å²) in [4.78, 5) is 15.5. The third-order valence-corrected chi connectivity index (χ3v) is 6.33. The Kier molecular flexibility index (Phi) is 5.33. The van der Waals surface area contributed by atoms with Crippen molar-refractivity contribution in [3.8, 4) is 11.5 Å². The average molecular weight is 431 g/mol. The number of ether oxygens (including phenoxy) is 3. The lowest BCUT2D eigenvalue weighted by Crippen LogP contribution is -2.41. The van der Waals surface area contributed by atoms with Gasteiger partial charge in [-0.25, -0.2) is 0 Å². The van der Waals surface area contributed by atoms with Gasteiger partial charge in [0.25, 0.3) is 5.91 Å². The number of carbonyl (C=O) groups is 1. The smallest absolute Gasteiger partial charge is 0.254 e. The van der Waals surface area contributed by atoms with Crippen molar-refractivity contribution in [2.24, 2.45) is 0 Å². The minimum atomic E-state index is -1.08. The zero-order chi connectivity index (χ0) is 22.2. The Morgan fingerprint density at radius 1 is 0.938 bits per heavy atom. The predicted octanol–water partition coefficient (Wildman–Crippen LogP) is 4.21. The van der Waals surface area contributed by atoms with E-state index in [1.54, 1.807) is 14.2 Å².